The minimum atomic E-state index is -0.767. The van der Waals surface area contributed by atoms with Crippen LogP contribution in [0.15, 0.2) is 23.4 Å². The van der Waals surface area contributed by atoms with Gasteiger partial charge in [-0.25, -0.2) is 4.98 Å². The van der Waals surface area contributed by atoms with Gasteiger partial charge in [0.2, 0.25) is 0 Å². The van der Waals surface area contributed by atoms with Crippen LogP contribution in [0.5, 0.6) is 0 Å². The molecule has 0 saturated carbocycles. The number of aromatic nitrogens is 1. The third-order valence-electron chi connectivity index (χ3n) is 2.39. The number of aliphatic carboxylic acids is 1. The van der Waals surface area contributed by atoms with Crippen molar-refractivity contribution >= 4 is 17.7 Å². The molecule has 3 nitrogen and oxygen atoms in total. The molecule has 0 amide bonds. The SMILES string of the molecule is CC(CC(=O)O)Sc1ccc(C(C)(C)C)cn1. The second-order valence-corrected chi connectivity index (χ2v) is 6.62. The van der Waals surface area contributed by atoms with Crippen molar-refractivity contribution in [3.63, 3.8) is 0 Å². The number of carboxylic acid groups (broad SMARTS) is 1. The Hall–Kier alpha value is -1.03. The Morgan fingerprint density at radius 2 is 2.12 bits per heavy atom. The topological polar surface area (TPSA) is 50.2 Å². The Bertz CT molecular complexity index is 381. The van der Waals surface area contributed by atoms with Gasteiger partial charge in [0.05, 0.1) is 11.4 Å². The number of pyridine rings is 1. The smallest absolute Gasteiger partial charge is 0.304 e. The van der Waals surface area contributed by atoms with E-state index < -0.39 is 5.97 Å². The van der Waals surface area contributed by atoms with Crippen LogP contribution in [-0.2, 0) is 10.2 Å². The number of carboxylic acids is 1. The van der Waals surface area contributed by atoms with Crippen molar-refractivity contribution in [3.05, 3.63) is 23.9 Å². The van der Waals surface area contributed by atoms with Gasteiger partial charge in [0.1, 0.15) is 0 Å². The van der Waals surface area contributed by atoms with Gasteiger partial charge in [-0.05, 0) is 17.0 Å². The summed E-state index contributed by atoms with van der Waals surface area (Å²) in [5.74, 6) is -0.767. The number of thioether (sulfide) groups is 1. The standard InChI is InChI=1S/C13H19NO2S/c1-9(7-12(15)16)17-11-6-5-10(8-14-11)13(2,3)4/h5-6,8-9H,7H2,1-4H3,(H,15,16). The van der Waals surface area contributed by atoms with Crippen LogP contribution in [0, 0.1) is 0 Å². The fraction of sp³-hybridized carbons (Fsp3) is 0.538. The van der Waals surface area contributed by atoms with Gasteiger partial charge in [-0.3, -0.25) is 4.79 Å². The molecule has 1 aromatic rings. The lowest BCUT2D eigenvalue weighted by Crippen LogP contribution is -2.11. The Morgan fingerprint density at radius 3 is 2.53 bits per heavy atom. The molecule has 1 rings (SSSR count). The summed E-state index contributed by atoms with van der Waals surface area (Å²) >= 11 is 1.50. The van der Waals surface area contributed by atoms with Crippen molar-refractivity contribution in [2.45, 2.75) is 49.8 Å². The van der Waals surface area contributed by atoms with Gasteiger partial charge in [-0.2, -0.15) is 0 Å². The van der Waals surface area contributed by atoms with Crippen LogP contribution in [0.1, 0.15) is 39.7 Å². The van der Waals surface area contributed by atoms with Crippen LogP contribution in [0.4, 0.5) is 0 Å². The minimum Gasteiger partial charge on any atom is -0.481 e. The first-order valence-corrected chi connectivity index (χ1v) is 6.52. The maximum absolute atomic E-state index is 10.6. The van der Waals surface area contributed by atoms with Crippen LogP contribution in [0.3, 0.4) is 0 Å². The number of nitrogens with zero attached hydrogens (tertiary/aromatic N) is 1. The van der Waals surface area contributed by atoms with Crippen molar-refractivity contribution in [3.8, 4) is 0 Å². The van der Waals surface area contributed by atoms with Gasteiger partial charge in [0.15, 0.2) is 0 Å². The van der Waals surface area contributed by atoms with Crippen LogP contribution in [0.2, 0.25) is 0 Å². The molecule has 0 radical (unpaired) electrons. The normalized spacial score (nSPS) is 13.4. The molecule has 1 N–H and O–H groups in total. The summed E-state index contributed by atoms with van der Waals surface area (Å²) in [6, 6.07) is 4.02. The molecule has 1 unspecified atom stereocenters. The zero-order valence-corrected chi connectivity index (χ0v) is 11.5. The summed E-state index contributed by atoms with van der Waals surface area (Å²) in [6.45, 7) is 8.33. The van der Waals surface area contributed by atoms with E-state index >= 15 is 0 Å². The highest BCUT2D eigenvalue weighted by Crippen LogP contribution is 2.26. The molecule has 0 saturated heterocycles. The Morgan fingerprint density at radius 1 is 1.47 bits per heavy atom. The number of hydrogen-bond donors (Lipinski definition) is 1. The molecule has 0 fully saturated rings. The number of carbonyl (C=O) groups is 1. The lowest BCUT2D eigenvalue weighted by Gasteiger charge is -2.18. The van der Waals surface area contributed by atoms with E-state index in [2.05, 4.69) is 31.8 Å². The number of hydrogen-bond acceptors (Lipinski definition) is 3. The summed E-state index contributed by atoms with van der Waals surface area (Å²) in [7, 11) is 0. The molecule has 0 bridgehead atoms. The average Bonchev–Trinajstić information content (AvgIpc) is 2.15. The quantitative estimate of drug-likeness (QED) is 0.836. The largest absolute Gasteiger partial charge is 0.481 e. The Labute approximate surface area is 107 Å². The maximum Gasteiger partial charge on any atom is 0.304 e. The van der Waals surface area contributed by atoms with Crippen molar-refractivity contribution in [2.24, 2.45) is 0 Å². The van der Waals surface area contributed by atoms with Crippen LogP contribution in [-0.4, -0.2) is 21.3 Å². The highest BCUT2D eigenvalue weighted by atomic mass is 32.2. The van der Waals surface area contributed by atoms with Crippen molar-refractivity contribution in [2.75, 3.05) is 0 Å². The lowest BCUT2D eigenvalue weighted by molar-refractivity contribution is -0.136. The van der Waals surface area contributed by atoms with E-state index in [1.54, 1.807) is 0 Å². The third-order valence-corrected chi connectivity index (χ3v) is 3.44. The summed E-state index contributed by atoms with van der Waals surface area (Å²) in [5, 5.41) is 9.60. The van der Waals surface area contributed by atoms with Gasteiger partial charge < -0.3 is 5.11 Å². The van der Waals surface area contributed by atoms with E-state index in [-0.39, 0.29) is 17.1 Å². The predicted molar refractivity (Wildman–Crippen MR) is 70.5 cm³/mol. The van der Waals surface area contributed by atoms with E-state index in [9.17, 15) is 4.79 Å². The zero-order valence-electron chi connectivity index (χ0n) is 10.7. The first-order valence-electron chi connectivity index (χ1n) is 5.64. The highest BCUT2D eigenvalue weighted by Gasteiger charge is 2.15. The van der Waals surface area contributed by atoms with E-state index in [0.717, 1.165) is 5.03 Å². The zero-order chi connectivity index (χ0) is 13.1. The average molecular weight is 253 g/mol. The molecule has 0 spiro atoms. The monoisotopic (exact) mass is 253 g/mol. The van der Waals surface area contributed by atoms with Gasteiger partial charge in [0.25, 0.3) is 0 Å². The molecule has 1 aromatic heterocycles. The fourth-order valence-electron chi connectivity index (χ4n) is 1.39. The van der Waals surface area contributed by atoms with Crippen LogP contribution < -0.4 is 0 Å². The number of rotatable bonds is 4. The summed E-state index contributed by atoms with van der Waals surface area (Å²) in [5.41, 5.74) is 1.29. The van der Waals surface area contributed by atoms with Gasteiger partial charge >= 0.3 is 5.97 Å². The van der Waals surface area contributed by atoms with E-state index in [4.69, 9.17) is 5.11 Å². The molecule has 0 aromatic carbocycles. The molecule has 17 heavy (non-hydrogen) atoms. The van der Waals surface area contributed by atoms with E-state index in [1.165, 1.54) is 17.3 Å². The molecule has 1 heterocycles. The predicted octanol–water partition coefficient (Wildman–Crippen LogP) is 3.33. The fourth-order valence-corrected chi connectivity index (χ4v) is 2.29. The summed E-state index contributed by atoms with van der Waals surface area (Å²) < 4.78 is 0. The van der Waals surface area contributed by atoms with Gasteiger partial charge in [-0.15, -0.1) is 11.8 Å². The molecular formula is C13H19NO2S. The second kappa shape index (κ2) is 5.54. The Kier molecular flexibility index (Phi) is 4.57. The second-order valence-electron chi connectivity index (χ2n) is 5.16. The summed E-state index contributed by atoms with van der Waals surface area (Å²) in [4.78, 5) is 14.9. The van der Waals surface area contributed by atoms with Crippen LogP contribution >= 0.6 is 11.8 Å². The van der Waals surface area contributed by atoms with E-state index in [1.807, 2.05) is 19.2 Å². The van der Waals surface area contributed by atoms with Crippen molar-refractivity contribution in [1.82, 2.24) is 4.98 Å². The molecule has 1 atom stereocenters. The van der Waals surface area contributed by atoms with Gasteiger partial charge in [-0.1, -0.05) is 33.8 Å². The highest BCUT2D eigenvalue weighted by molar-refractivity contribution is 7.99. The van der Waals surface area contributed by atoms with Crippen molar-refractivity contribution < 1.29 is 9.90 Å². The molecule has 0 aliphatic rings. The van der Waals surface area contributed by atoms with Gasteiger partial charge in [0, 0.05) is 11.4 Å². The third kappa shape index (κ3) is 4.77. The molecule has 0 aliphatic carbocycles. The molecule has 0 aliphatic heterocycles. The molecule has 94 valence electrons. The first kappa shape index (κ1) is 14.0. The van der Waals surface area contributed by atoms with E-state index in [0.29, 0.717) is 0 Å². The van der Waals surface area contributed by atoms with Crippen LogP contribution in [0.25, 0.3) is 0 Å². The molecule has 4 heteroatoms. The Balaban J connectivity index is 2.66. The minimum absolute atomic E-state index is 0.0421. The maximum atomic E-state index is 10.6. The first-order chi connectivity index (χ1) is 7.79. The molecular weight excluding hydrogens is 234 g/mol. The lowest BCUT2D eigenvalue weighted by atomic mass is 9.88. The van der Waals surface area contributed by atoms with Crippen molar-refractivity contribution in [1.29, 1.82) is 0 Å². The summed E-state index contributed by atoms with van der Waals surface area (Å²) in [6.07, 6.45) is 2.03.